The summed E-state index contributed by atoms with van der Waals surface area (Å²) < 4.78 is 43.6. The smallest absolute Gasteiger partial charge is 0.334 e. The topological polar surface area (TPSA) is 38.9 Å². The van der Waals surface area contributed by atoms with Crippen molar-refractivity contribution in [2.75, 3.05) is 6.26 Å². The highest BCUT2D eigenvalue weighted by molar-refractivity contribution is 7.98. The van der Waals surface area contributed by atoms with Gasteiger partial charge in [0.15, 0.2) is 0 Å². The summed E-state index contributed by atoms with van der Waals surface area (Å²) in [6, 6.07) is 12.3. The van der Waals surface area contributed by atoms with E-state index < -0.39 is 11.7 Å². The second kappa shape index (κ2) is 6.08. The van der Waals surface area contributed by atoms with Crippen LogP contribution in [0.2, 0.25) is 0 Å². The second-order valence-corrected chi connectivity index (χ2v) is 5.55. The summed E-state index contributed by atoms with van der Waals surface area (Å²) in [5, 5.41) is 3.80. The Morgan fingerprint density at radius 2 is 1.83 bits per heavy atom. The summed E-state index contributed by atoms with van der Waals surface area (Å²) in [6.45, 7) is 0. The van der Waals surface area contributed by atoms with E-state index in [2.05, 4.69) is 10.1 Å². The van der Waals surface area contributed by atoms with E-state index in [0.29, 0.717) is 0 Å². The molecule has 0 radical (unpaired) electrons. The number of benzene rings is 2. The number of alkyl halides is 3. The zero-order valence-electron chi connectivity index (χ0n) is 12.0. The van der Waals surface area contributed by atoms with Crippen LogP contribution in [0.4, 0.5) is 13.2 Å². The van der Waals surface area contributed by atoms with Crippen LogP contribution in [-0.2, 0) is 6.18 Å². The number of nitrogens with zero attached hydrogens (tertiary/aromatic N) is 2. The molecule has 0 spiro atoms. The Balaban J connectivity index is 2.00. The molecule has 0 saturated heterocycles. The maximum atomic E-state index is 12.8. The van der Waals surface area contributed by atoms with Gasteiger partial charge in [0.2, 0.25) is 5.82 Å². The first-order valence-electron chi connectivity index (χ1n) is 6.64. The second-order valence-electron chi connectivity index (χ2n) is 4.70. The first-order chi connectivity index (χ1) is 11.0. The molecule has 0 saturated carbocycles. The molecule has 0 bridgehead atoms. The summed E-state index contributed by atoms with van der Waals surface area (Å²) in [5.74, 6) is 0.407. The SMILES string of the molecule is CSc1ccccc1-c1nc(-c2cccc(C(F)(F)F)c2)no1. The lowest BCUT2D eigenvalue weighted by Gasteiger charge is -2.06. The number of hydrogen-bond donors (Lipinski definition) is 0. The fourth-order valence-electron chi connectivity index (χ4n) is 2.11. The zero-order valence-corrected chi connectivity index (χ0v) is 12.8. The third-order valence-corrected chi connectivity index (χ3v) is 4.01. The molecule has 3 aromatic rings. The molecule has 1 aromatic heterocycles. The fourth-order valence-corrected chi connectivity index (χ4v) is 2.70. The molecule has 0 N–H and O–H groups in total. The van der Waals surface area contributed by atoms with E-state index >= 15 is 0 Å². The molecule has 3 rings (SSSR count). The molecule has 0 aliphatic rings. The van der Waals surface area contributed by atoms with E-state index in [4.69, 9.17) is 4.52 Å². The minimum atomic E-state index is -4.41. The van der Waals surface area contributed by atoms with E-state index in [1.54, 1.807) is 0 Å². The van der Waals surface area contributed by atoms with Crippen molar-refractivity contribution in [3.8, 4) is 22.8 Å². The Kier molecular flexibility index (Phi) is 4.12. The monoisotopic (exact) mass is 336 g/mol. The van der Waals surface area contributed by atoms with E-state index in [9.17, 15) is 13.2 Å². The minimum absolute atomic E-state index is 0.127. The van der Waals surface area contributed by atoms with Gasteiger partial charge in [-0.15, -0.1) is 11.8 Å². The van der Waals surface area contributed by atoms with E-state index in [0.717, 1.165) is 22.6 Å². The van der Waals surface area contributed by atoms with Crippen molar-refractivity contribution in [2.24, 2.45) is 0 Å². The summed E-state index contributed by atoms with van der Waals surface area (Å²) in [4.78, 5) is 5.17. The lowest BCUT2D eigenvalue weighted by Crippen LogP contribution is -2.04. The van der Waals surface area contributed by atoms with Gasteiger partial charge < -0.3 is 4.52 Å². The highest BCUT2D eigenvalue weighted by atomic mass is 32.2. The van der Waals surface area contributed by atoms with E-state index in [1.807, 2.05) is 30.5 Å². The first kappa shape index (κ1) is 15.6. The van der Waals surface area contributed by atoms with Crippen LogP contribution in [0.15, 0.2) is 57.9 Å². The Labute approximate surface area is 134 Å². The summed E-state index contributed by atoms with van der Waals surface area (Å²) in [5.41, 5.74) is 0.271. The largest absolute Gasteiger partial charge is 0.416 e. The van der Waals surface area contributed by atoms with Crippen molar-refractivity contribution < 1.29 is 17.7 Å². The van der Waals surface area contributed by atoms with Crippen LogP contribution in [-0.4, -0.2) is 16.4 Å². The standard InChI is InChI=1S/C16H11F3N2OS/c1-23-13-8-3-2-7-12(13)15-20-14(21-22-15)10-5-4-6-11(9-10)16(17,18)19/h2-9H,1H3. The van der Waals surface area contributed by atoms with Gasteiger partial charge in [-0.05, 0) is 30.5 Å². The van der Waals surface area contributed by atoms with Crippen LogP contribution < -0.4 is 0 Å². The number of hydrogen-bond acceptors (Lipinski definition) is 4. The Morgan fingerprint density at radius 1 is 1.04 bits per heavy atom. The van der Waals surface area contributed by atoms with Gasteiger partial charge in [0.05, 0.1) is 11.1 Å². The number of aromatic nitrogens is 2. The molecule has 0 fully saturated rings. The highest BCUT2D eigenvalue weighted by Crippen LogP contribution is 2.33. The van der Waals surface area contributed by atoms with Crippen LogP contribution in [0, 0.1) is 0 Å². The molecule has 2 aromatic carbocycles. The van der Waals surface area contributed by atoms with Crippen LogP contribution in [0.25, 0.3) is 22.8 Å². The van der Waals surface area contributed by atoms with E-state index in [1.165, 1.54) is 23.9 Å². The van der Waals surface area contributed by atoms with Gasteiger partial charge in [-0.3, -0.25) is 0 Å². The molecule has 7 heteroatoms. The molecule has 1 heterocycles. The Hall–Kier alpha value is -2.28. The molecule has 0 aliphatic heterocycles. The maximum absolute atomic E-state index is 12.8. The number of halogens is 3. The van der Waals surface area contributed by atoms with Crippen molar-refractivity contribution in [3.63, 3.8) is 0 Å². The van der Waals surface area contributed by atoms with Gasteiger partial charge in [-0.1, -0.05) is 29.4 Å². The molecule has 0 unspecified atom stereocenters. The van der Waals surface area contributed by atoms with Gasteiger partial charge in [0.25, 0.3) is 5.89 Å². The van der Waals surface area contributed by atoms with Crippen LogP contribution in [0.3, 0.4) is 0 Å². The molecular weight excluding hydrogens is 325 g/mol. The van der Waals surface area contributed by atoms with Crippen molar-refractivity contribution in [1.82, 2.24) is 10.1 Å². The van der Waals surface area contributed by atoms with Gasteiger partial charge in [-0.2, -0.15) is 18.2 Å². The molecule has 0 amide bonds. The average Bonchev–Trinajstić information content (AvgIpc) is 3.04. The number of rotatable bonds is 3. The summed E-state index contributed by atoms with van der Waals surface area (Å²) in [6.07, 6.45) is -2.49. The minimum Gasteiger partial charge on any atom is -0.334 e. The van der Waals surface area contributed by atoms with Crippen LogP contribution >= 0.6 is 11.8 Å². The highest BCUT2D eigenvalue weighted by Gasteiger charge is 2.30. The van der Waals surface area contributed by atoms with Crippen molar-refractivity contribution in [1.29, 1.82) is 0 Å². The fraction of sp³-hybridized carbons (Fsp3) is 0.125. The van der Waals surface area contributed by atoms with Crippen molar-refractivity contribution in [3.05, 3.63) is 54.1 Å². The van der Waals surface area contributed by atoms with E-state index in [-0.39, 0.29) is 17.3 Å². The normalized spacial score (nSPS) is 11.7. The van der Waals surface area contributed by atoms with Crippen LogP contribution in [0.1, 0.15) is 5.56 Å². The summed E-state index contributed by atoms with van der Waals surface area (Å²) in [7, 11) is 0. The predicted octanol–water partition coefficient (Wildman–Crippen LogP) is 5.14. The third kappa shape index (κ3) is 3.24. The number of thioether (sulfide) groups is 1. The molecule has 0 aliphatic carbocycles. The first-order valence-corrected chi connectivity index (χ1v) is 7.86. The molecule has 118 valence electrons. The Bertz CT molecular complexity index is 830. The van der Waals surface area contributed by atoms with Gasteiger partial charge in [-0.25, -0.2) is 0 Å². The molecular formula is C16H11F3N2OS. The van der Waals surface area contributed by atoms with Gasteiger partial charge in [0.1, 0.15) is 0 Å². The molecule has 3 nitrogen and oxygen atoms in total. The maximum Gasteiger partial charge on any atom is 0.416 e. The quantitative estimate of drug-likeness (QED) is 0.621. The van der Waals surface area contributed by atoms with Crippen molar-refractivity contribution in [2.45, 2.75) is 11.1 Å². The zero-order chi connectivity index (χ0) is 16.4. The predicted molar refractivity (Wildman–Crippen MR) is 82.0 cm³/mol. The van der Waals surface area contributed by atoms with Gasteiger partial charge >= 0.3 is 6.18 Å². The summed E-state index contributed by atoms with van der Waals surface area (Å²) >= 11 is 1.52. The van der Waals surface area contributed by atoms with Crippen molar-refractivity contribution >= 4 is 11.8 Å². The lowest BCUT2D eigenvalue weighted by atomic mass is 10.1. The Morgan fingerprint density at radius 3 is 2.57 bits per heavy atom. The lowest BCUT2D eigenvalue weighted by molar-refractivity contribution is -0.137. The molecule has 0 atom stereocenters. The molecule has 23 heavy (non-hydrogen) atoms. The van der Waals surface area contributed by atoms with Crippen LogP contribution in [0.5, 0.6) is 0 Å². The third-order valence-electron chi connectivity index (χ3n) is 3.21. The van der Waals surface area contributed by atoms with Gasteiger partial charge in [0, 0.05) is 10.5 Å². The average molecular weight is 336 g/mol.